The highest BCUT2D eigenvalue weighted by molar-refractivity contribution is 5.95. The van der Waals surface area contributed by atoms with Crippen molar-refractivity contribution in [3.05, 3.63) is 42.1 Å². The van der Waals surface area contributed by atoms with Crippen LogP contribution in [0.4, 0.5) is 0 Å². The van der Waals surface area contributed by atoms with E-state index in [1.54, 1.807) is 0 Å². The molecule has 0 aliphatic carbocycles. The molecule has 6 heteroatoms. The van der Waals surface area contributed by atoms with Crippen LogP contribution in [0.15, 0.2) is 36.4 Å². The Morgan fingerprint density at radius 3 is 2.70 bits per heavy atom. The third-order valence-electron chi connectivity index (χ3n) is 5.61. The van der Waals surface area contributed by atoms with E-state index < -0.39 is 0 Å². The van der Waals surface area contributed by atoms with Crippen LogP contribution in [0, 0.1) is 11.8 Å². The van der Waals surface area contributed by atoms with Crippen molar-refractivity contribution in [2.45, 2.75) is 6.42 Å². The fourth-order valence-electron chi connectivity index (χ4n) is 4.24. The summed E-state index contributed by atoms with van der Waals surface area (Å²) < 4.78 is 5.43. The van der Waals surface area contributed by atoms with Crippen molar-refractivity contribution < 1.29 is 14.6 Å². The maximum absolute atomic E-state index is 13.1. The van der Waals surface area contributed by atoms with Crippen molar-refractivity contribution in [2.24, 2.45) is 11.8 Å². The number of piperidine rings is 1. The predicted molar refractivity (Wildman–Crippen MR) is 104 cm³/mol. The summed E-state index contributed by atoms with van der Waals surface area (Å²) in [7, 11) is 0. The SMILES string of the molecule is O=C(c1ccc2ccccc2n1)N1C[C@H](CO)C[C@H](CN2CCOCC2)C1. The highest BCUT2D eigenvalue weighted by Crippen LogP contribution is 2.24. The molecule has 0 spiro atoms. The van der Waals surface area contributed by atoms with Crippen LogP contribution >= 0.6 is 0 Å². The van der Waals surface area contributed by atoms with Gasteiger partial charge in [0.25, 0.3) is 5.91 Å². The molecule has 4 rings (SSSR count). The number of ether oxygens (including phenoxy) is 1. The number of benzene rings is 1. The molecule has 2 saturated heterocycles. The summed E-state index contributed by atoms with van der Waals surface area (Å²) >= 11 is 0. The smallest absolute Gasteiger partial charge is 0.272 e. The maximum Gasteiger partial charge on any atom is 0.272 e. The fourth-order valence-corrected chi connectivity index (χ4v) is 4.24. The van der Waals surface area contributed by atoms with Crippen molar-refractivity contribution >= 4 is 16.8 Å². The van der Waals surface area contributed by atoms with E-state index in [0.717, 1.165) is 56.7 Å². The van der Waals surface area contributed by atoms with Gasteiger partial charge in [-0.25, -0.2) is 4.98 Å². The molecule has 2 aliphatic rings. The summed E-state index contributed by atoms with van der Waals surface area (Å²) in [5.74, 6) is 0.471. The molecule has 0 saturated carbocycles. The Balaban J connectivity index is 1.48. The highest BCUT2D eigenvalue weighted by atomic mass is 16.5. The first-order chi connectivity index (χ1) is 13.2. The molecule has 3 heterocycles. The molecule has 27 heavy (non-hydrogen) atoms. The lowest BCUT2D eigenvalue weighted by molar-refractivity contribution is 0.0129. The topological polar surface area (TPSA) is 65.9 Å². The standard InChI is InChI=1S/C21H27N3O3/c25-15-17-11-16(12-23-7-9-27-10-8-23)13-24(14-17)21(26)20-6-5-18-3-1-2-4-19(18)22-20/h1-6,16-17,25H,7-15H2/t16-,17-/m1/s1. The van der Waals surface area contributed by atoms with E-state index in [1.165, 1.54) is 0 Å². The van der Waals surface area contributed by atoms with E-state index in [2.05, 4.69) is 9.88 Å². The van der Waals surface area contributed by atoms with Gasteiger partial charge in [-0.2, -0.15) is 0 Å². The van der Waals surface area contributed by atoms with Crippen molar-refractivity contribution in [3.8, 4) is 0 Å². The normalized spacial score (nSPS) is 24.3. The Labute approximate surface area is 159 Å². The van der Waals surface area contributed by atoms with Gasteiger partial charge in [-0.1, -0.05) is 24.3 Å². The first-order valence-electron chi connectivity index (χ1n) is 9.79. The molecule has 2 aliphatic heterocycles. The molecule has 0 unspecified atom stereocenters. The highest BCUT2D eigenvalue weighted by Gasteiger charge is 2.32. The van der Waals surface area contributed by atoms with E-state index in [4.69, 9.17) is 4.74 Å². The van der Waals surface area contributed by atoms with Gasteiger partial charge in [0.2, 0.25) is 0 Å². The summed E-state index contributed by atoms with van der Waals surface area (Å²) in [6, 6.07) is 11.6. The third-order valence-corrected chi connectivity index (χ3v) is 5.61. The monoisotopic (exact) mass is 369 g/mol. The second-order valence-electron chi connectivity index (χ2n) is 7.66. The van der Waals surface area contributed by atoms with Gasteiger partial charge in [-0.15, -0.1) is 0 Å². The number of aliphatic hydroxyl groups excluding tert-OH is 1. The van der Waals surface area contributed by atoms with Gasteiger partial charge in [-0.3, -0.25) is 9.69 Å². The van der Waals surface area contributed by atoms with Gasteiger partial charge in [-0.05, 0) is 30.4 Å². The average Bonchev–Trinajstić information content (AvgIpc) is 2.73. The number of rotatable bonds is 4. The zero-order chi connectivity index (χ0) is 18.6. The number of hydrogen-bond donors (Lipinski definition) is 1. The third kappa shape index (κ3) is 4.29. The Morgan fingerprint density at radius 1 is 1.11 bits per heavy atom. The largest absolute Gasteiger partial charge is 0.396 e. The molecule has 1 aromatic heterocycles. The minimum atomic E-state index is -0.0362. The number of aliphatic hydroxyl groups is 1. The average molecular weight is 369 g/mol. The van der Waals surface area contributed by atoms with E-state index in [1.807, 2.05) is 41.3 Å². The van der Waals surface area contributed by atoms with Crippen LogP contribution in [0.1, 0.15) is 16.9 Å². The minimum absolute atomic E-state index is 0.0362. The molecule has 2 fully saturated rings. The summed E-state index contributed by atoms with van der Waals surface area (Å²) in [5, 5.41) is 10.8. The molecule has 1 amide bonds. The summed E-state index contributed by atoms with van der Waals surface area (Å²) in [6.07, 6.45) is 0.961. The van der Waals surface area contributed by atoms with Gasteiger partial charge >= 0.3 is 0 Å². The van der Waals surface area contributed by atoms with Gasteiger partial charge in [0.05, 0.1) is 18.7 Å². The number of carbonyl (C=O) groups is 1. The summed E-state index contributed by atoms with van der Waals surface area (Å²) in [6.45, 7) is 5.84. The van der Waals surface area contributed by atoms with Crippen molar-refractivity contribution in [3.63, 3.8) is 0 Å². The van der Waals surface area contributed by atoms with Gasteiger partial charge < -0.3 is 14.7 Å². The molecule has 2 aromatic rings. The number of pyridine rings is 1. The molecule has 0 bridgehead atoms. The van der Waals surface area contributed by atoms with Crippen LogP contribution in [0.2, 0.25) is 0 Å². The van der Waals surface area contributed by atoms with Crippen molar-refractivity contribution in [1.29, 1.82) is 0 Å². The van der Waals surface area contributed by atoms with Crippen LogP contribution in [-0.2, 0) is 4.74 Å². The predicted octanol–water partition coefficient (Wildman–Crippen LogP) is 1.64. The Morgan fingerprint density at radius 2 is 1.89 bits per heavy atom. The zero-order valence-electron chi connectivity index (χ0n) is 15.6. The minimum Gasteiger partial charge on any atom is -0.396 e. The number of aromatic nitrogens is 1. The summed E-state index contributed by atoms with van der Waals surface area (Å²) in [4.78, 5) is 21.9. The molecule has 2 atom stereocenters. The van der Waals surface area contributed by atoms with Crippen molar-refractivity contribution in [1.82, 2.24) is 14.8 Å². The van der Waals surface area contributed by atoms with E-state index in [0.29, 0.717) is 18.2 Å². The molecular weight excluding hydrogens is 342 g/mol. The number of carbonyl (C=O) groups excluding carboxylic acids is 1. The van der Waals surface area contributed by atoms with Gasteiger partial charge in [0.1, 0.15) is 5.69 Å². The molecule has 0 radical (unpaired) electrons. The molecule has 144 valence electrons. The molecule has 6 nitrogen and oxygen atoms in total. The van der Waals surface area contributed by atoms with Crippen LogP contribution in [-0.4, -0.2) is 78.3 Å². The van der Waals surface area contributed by atoms with Crippen LogP contribution in [0.5, 0.6) is 0 Å². The Kier molecular flexibility index (Phi) is 5.66. The number of hydrogen-bond acceptors (Lipinski definition) is 5. The summed E-state index contributed by atoms with van der Waals surface area (Å²) in [5.41, 5.74) is 1.32. The van der Waals surface area contributed by atoms with E-state index >= 15 is 0 Å². The van der Waals surface area contributed by atoms with Crippen LogP contribution in [0.3, 0.4) is 0 Å². The number of amides is 1. The quantitative estimate of drug-likeness (QED) is 0.888. The van der Waals surface area contributed by atoms with E-state index in [9.17, 15) is 9.90 Å². The number of nitrogens with zero attached hydrogens (tertiary/aromatic N) is 3. The second-order valence-corrected chi connectivity index (χ2v) is 7.66. The van der Waals surface area contributed by atoms with Crippen molar-refractivity contribution in [2.75, 3.05) is 52.5 Å². The Bertz CT molecular complexity index is 791. The second kappa shape index (κ2) is 8.33. The molecule has 1 aromatic carbocycles. The lowest BCUT2D eigenvalue weighted by Crippen LogP contribution is -2.49. The number of morpholine rings is 1. The maximum atomic E-state index is 13.1. The van der Waals surface area contributed by atoms with Gasteiger partial charge in [0, 0.05) is 44.7 Å². The van der Waals surface area contributed by atoms with E-state index in [-0.39, 0.29) is 18.4 Å². The number of fused-ring (bicyclic) bond motifs is 1. The van der Waals surface area contributed by atoms with Crippen LogP contribution in [0.25, 0.3) is 10.9 Å². The first kappa shape index (κ1) is 18.3. The van der Waals surface area contributed by atoms with Gasteiger partial charge in [0.15, 0.2) is 0 Å². The lowest BCUT2D eigenvalue weighted by atomic mass is 9.89. The molecule has 1 N–H and O–H groups in total. The lowest BCUT2D eigenvalue weighted by Gasteiger charge is -2.39. The molecular formula is C21H27N3O3. The first-order valence-corrected chi connectivity index (χ1v) is 9.79. The Hall–Kier alpha value is -2.02. The zero-order valence-corrected chi connectivity index (χ0v) is 15.6. The fraction of sp³-hybridized carbons (Fsp3) is 0.524. The van der Waals surface area contributed by atoms with Crippen LogP contribution < -0.4 is 0 Å². The number of likely N-dealkylation sites (tertiary alicyclic amines) is 1. The number of para-hydroxylation sites is 1.